The maximum absolute atomic E-state index is 12.1. The summed E-state index contributed by atoms with van der Waals surface area (Å²) < 4.78 is 1.66. The van der Waals surface area contributed by atoms with E-state index in [0.717, 1.165) is 19.1 Å². The number of carbonyl (C=O) groups excluding carboxylic acids is 2. The van der Waals surface area contributed by atoms with E-state index >= 15 is 0 Å². The minimum atomic E-state index is -0.0639. The van der Waals surface area contributed by atoms with Gasteiger partial charge in [0.25, 0.3) is 0 Å². The molecule has 0 aliphatic heterocycles. The SMILES string of the molecule is O=Cc1cccn1CC(=O)N[C@@H]1CCc2ccccc21. The van der Waals surface area contributed by atoms with Crippen molar-refractivity contribution >= 4 is 12.2 Å². The molecule has 1 aromatic carbocycles. The number of aldehydes is 1. The Balaban J connectivity index is 1.67. The van der Waals surface area contributed by atoms with Crippen LogP contribution in [0.5, 0.6) is 0 Å². The van der Waals surface area contributed by atoms with Gasteiger partial charge in [-0.2, -0.15) is 0 Å². The second kappa shape index (κ2) is 5.33. The summed E-state index contributed by atoms with van der Waals surface area (Å²) in [7, 11) is 0. The molecule has 4 nitrogen and oxygen atoms in total. The van der Waals surface area contributed by atoms with E-state index in [2.05, 4.69) is 17.4 Å². The molecule has 1 N–H and O–H groups in total. The number of aromatic nitrogens is 1. The van der Waals surface area contributed by atoms with Crippen LogP contribution in [0.3, 0.4) is 0 Å². The average Bonchev–Trinajstić information content (AvgIpc) is 3.06. The lowest BCUT2D eigenvalue weighted by Crippen LogP contribution is -2.30. The highest BCUT2D eigenvalue weighted by atomic mass is 16.2. The molecule has 3 rings (SSSR count). The molecule has 0 saturated carbocycles. The smallest absolute Gasteiger partial charge is 0.240 e. The summed E-state index contributed by atoms with van der Waals surface area (Å²) >= 11 is 0. The topological polar surface area (TPSA) is 51.1 Å². The number of hydrogen-bond acceptors (Lipinski definition) is 2. The lowest BCUT2D eigenvalue weighted by atomic mass is 10.1. The van der Waals surface area contributed by atoms with Crippen LogP contribution in [0.15, 0.2) is 42.6 Å². The normalized spacial score (nSPS) is 16.7. The van der Waals surface area contributed by atoms with E-state index in [1.165, 1.54) is 11.1 Å². The van der Waals surface area contributed by atoms with Gasteiger partial charge in [0.1, 0.15) is 6.54 Å². The van der Waals surface area contributed by atoms with E-state index in [9.17, 15) is 9.59 Å². The number of amides is 1. The van der Waals surface area contributed by atoms with Gasteiger partial charge in [0, 0.05) is 6.20 Å². The predicted molar refractivity (Wildman–Crippen MR) is 75.5 cm³/mol. The van der Waals surface area contributed by atoms with Crippen LogP contribution in [0.1, 0.15) is 34.1 Å². The van der Waals surface area contributed by atoms with Gasteiger partial charge in [0.2, 0.25) is 5.91 Å². The number of carbonyl (C=O) groups is 2. The van der Waals surface area contributed by atoms with Crippen LogP contribution in [-0.4, -0.2) is 16.8 Å². The minimum absolute atomic E-state index is 0.0639. The molecule has 4 heteroatoms. The van der Waals surface area contributed by atoms with E-state index in [1.807, 2.05) is 12.1 Å². The van der Waals surface area contributed by atoms with Crippen molar-refractivity contribution in [3.63, 3.8) is 0 Å². The van der Waals surface area contributed by atoms with Crippen molar-refractivity contribution in [2.75, 3.05) is 0 Å². The van der Waals surface area contributed by atoms with Crippen LogP contribution in [0.25, 0.3) is 0 Å². The predicted octanol–water partition coefficient (Wildman–Crippen LogP) is 2.10. The summed E-state index contributed by atoms with van der Waals surface area (Å²) in [5.41, 5.74) is 3.04. The standard InChI is InChI=1S/C16H16N2O2/c19-11-13-5-3-9-18(13)10-16(20)17-15-8-7-12-4-1-2-6-14(12)15/h1-6,9,11,15H,7-8,10H2,(H,17,20)/t15-/m1/s1. The van der Waals surface area contributed by atoms with Crippen LogP contribution in [0.2, 0.25) is 0 Å². The number of fused-ring (bicyclic) bond motifs is 1. The lowest BCUT2D eigenvalue weighted by molar-refractivity contribution is -0.122. The van der Waals surface area contributed by atoms with E-state index < -0.39 is 0 Å². The molecule has 1 heterocycles. The Morgan fingerprint density at radius 1 is 1.30 bits per heavy atom. The highest BCUT2D eigenvalue weighted by Crippen LogP contribution is 2.30. The van der Waals surface area contributed by atoms with Gasteiger partial charge >= 0.3 is 0 Å². The van der Waals surface area contributed by atoms with Crippen LogP contribution < -0.4 is 5.32 Å². The Morgan fingerprint density at radius 3 is 3.00 bits per heavy atom. The monoisotopic (exact) mass is 268 g/mol. The molecule has 0 fully saturated rings. The molecule has 1 aromatic heterocycles. The molecule has 102 valence electrons. The quantitative estimate of drug-likeness (QED) is 0.863. The first-order chi connectivity index (χ1) is 9.78. The Bertz CT molecular complexity index is 645. The molecule has 0 radical (unpaired) electrons. The summed E-state index contributed by atoms with van der Waals surface area (Å²) in [6.45, 7) is 0.180. The van der Waals surface area contributed by atoms with E-state index in [0.29, 0.717) is 5.69 Å². The van der Waals surface area contributed by atoms with Gasteiger partial charge in [-0.3, -0.25) is 9.59 Å². The molecule has 0 unspecified atom stereocenters. The molecule has 1 aliphatic rings. The number of nitrogens with zero attached hydrogens (tertiary/aromatic N) is 1. The molecule has 1 atom stereocenters. The summed E-state index contributed by atoms with van der Waals surface area (Å²) in [5.74, 6) is -0.0639. The molecule has 0 spiro atoms. The van der Waals surface area contributed by atoms with Crippen molar-refractivity contribution in [1.82, 2.24) is 9.88 Å². The van der Waals surface area contributed by atoms with Crippen molar-refractivity contribution in [1.29, 1.82) is 0 Å². The fourth-order valence-corrected chi connectivity index (χ4v) is 2.78. The van der Waals surface area contributed by atoms with E-state index in [1.54, 1.807) is 22.9 Å². The average molecular weight is 268 g/mol. The molecule has 0 saturated heterocycles. The first kappa shape index (κ1) is 12.7. The highest BCUT2D eigenvalue weighted by molar-refractivity contribution is 5.79. The van der Waals surface area contributed by atoms with Gasteiger partial charge in [-0.1, -0.05) is 24.3 Å². The largest absolute Gasteiger partial charge is 0.348 e. The van der Waals surface area contributed by atoms with Crippen LogP contribution >= 0.6 is 0 Å². The maximum atomic E-state index is 12.1. The van der Waals surface area contributed by atoms with Gasteiger partial charge in [-0.05, 0) is 36.1 Å². The van der Waals surface area contributed by atoms with Gasteiger partial charge in [0.15, 0.2) is 6.29 Å². The Kier molecular flexibility index (Phi) is 3.37. The van der Waals surface area contributed by atoms with Crippen molar-refractivity contribution in [2.24, 2.45) is 0 Å². The van der Waals surface area contributed by atoms with Crippen molar-refractivity contribution in [2.45, 2.75) is 25.4 Å². The Morgan fingerprint density at radius 2 is 2.15 bits per heavy atom. The number of hydrogen-bond donors (Lipinski definition) is 1. The van der Waals surface area contributed by atoms with Crippen molar-refractivity contribution in [3.8, 4) is 0 Å². The summed E-state index contributed by atoms with van der Waals surface area (Å²) in [4.78, 5) is 22.9. The Hall–Kier alpha value is -2.36. The molecule has 1 aliphatic carbocycles. The van der Waals surface area contributed by atoms with Crippen LogP contribution in [0.4, 0.5) is 0 Å². The Labute approximate surface area is 117 Å². The van der Waals surface area contributed by atoms with Gasteiger partial charge < -0.3 is 9.88 Å². The van der Waals surface area contributed by atoms with Gasteiger partial charge in [-0.15, -0.1) is 0 Å². The zero-order valence-electron chi connectivity index (χ0n) is 11.1. The first-order valence-corrected chi connectivity index (χ1v) is 6.75. The summed E-state index contributed by atoms with van der Waals surface area (Å²) in [5, 5.41) is 3.05. The highest BCUT2D eigenvalue weighted by Gasteiger charge is 2.23. The number of rotatable bonds is 4. The maximum Gasteiger partial charge on any atom is 0.240 e. The van der Waals surface area contributed by atoms with Crippen LogP contribution in [-0.2, 0) is 17.8 Å². The van der Waals surface area contributed by atoms with Crippen molar-refractivity contribution < 1.29 is 9.59 Å². The molecule has 2 aromatic rings. The zero-order valence-corrected chi connectivity index (χ0v) is 11.1. The minimum Gasteiger partial charge on any atom is -0.348 e. The third-order valence-corrected chi connectivity index (χ3v) is 3.77. The third-order valence-electron chi connectivity index (χ3n) is 3.77. The molecular weight excluding hydrogens is 252 g/mol. The summed E-state index contributed by atoms with van der Waals surface area (Å²) in [6, 6.07) is 11.8. The fraction of sp³-hybridized carbons (Fsp3) is 0.250. The fourth-order valence-electron chi connectivity index (χ4n) is 2.78. The van der Waals surface area contributed by atoms with E-state index in [4.69, 9.17) is 0 Å². The van der Waals surface area contributed by atoms with E-state index in [-0.39, 0.29) is 18.5 Å². The number of aryl methyl sites for hydroxylation is 1. The van der Waals surface area contributed by atoms with Gasteiger partial charge in [0.05, 0.1) is 11.7 Å². The van der Waals surface area contributed by atoms with Crippen LogP contribution in [0, 0.1) is 0 Å². The molecule has 1 amide bonds. The lowest BCUT2D eigenvalue weighted by Gasteiger charge is -2.14. The van der Waals surface area contributed by atoms with Crippen molar-refractivity contribution in [3.05, 3.63) is 59.4 Å². The molecule has 20 heavy (non-hydrogen) atoms. The second-order valence-electron chi connectivity index (χ2n) is 5.04. The van der Waals surface area contributed by atoms with Gasteiger partial charge in [-0.25, -0.2) is 0 Å². The number of nitrogens with one attached hydrogen (secondary N) is 1. The summed E-state index contributed by atoms with van der Waals surface area (Å²) in [6.07, 6.45) is 4.45. The molecule has 0 bridgehead atoms. The second-order valence-corrected chi connectivity index (χ2v) is 5.04. The third kappa shape index (κ3) is 2.37. The molecular formula is C16H16N2O2. The number of benzene rings is 1. The zero-order chi connectivity index (χ0) is 13.9. The first-order valence-electron chi connectivity index (χ1n) is 6.75.